The van der Waals surface area contributed by atoms with E-state index in [1.54, 1.807) is 18.2 Å². The maximum absolute atomic E-state index is 13.0. The maximum atomic E-state index is 13.0. The lowest BCUT2D eigenvalue weighted by Gasteiger charge is -2.12. The minimum absolute atomic E-state index is 0.226. The van der Waals surface area contributed by atoms with Gasteiger partial charge in [-0.1, -0.05) is 30.3 Å². The van der Waals surface area contributed by atoms with Crippen LogP contribution in [0.25, 0.3) is 11.1 Å². The zero-order chi connectivity index (χ0) is 18.8. The van der Waals surface area contributed by atoms with E-state index in [-0.39, 0.29) is 17.7 Å². The lowest BCUT2D eigenvalue weighted by atomic mass is 10.1. The maximum Gasteiger partial charge on any atom is 0.416 e. The number of hydrogen-bond acceptors (Lipinski definition) is 4. The van der Waals surface area contributed by atoms with Crippen LogP contribution in [0, 0.1) is 0 Å². The first-order valence-corrected chi connectivity index (χ1v) is 9.77. The fourth-order valence-electron chi connectivity index (χ4n) is 2.70. The van der Waals surface area contributed by atoms with Crippen LogP contribution in [0.2, 0.25) is 0 Å². The second-order valence-electron chi connectivity index (χ2n) is 5.93. The Hall–Kier alpha value is -2.35. The van der Waals surface area contributed by atoms with Crippen molar-refractivity contribution in [3.05, 3.63) is 65.5 Å². The number of alkyl halides is 3. The van der Waals surface area contributed by atoms with Gasteiger partial charge in [0.2, 0.25) is 0 Å². The van der Waals surface area contributed by atoms with Crippen molar-refractivity contribution in [2.45, 2.75) is 24.8 Å². The van der Waals surface area contributed by atoms with Crippen LogP contribution in [0.5, 0.6) is 0 Å². The highest BCUT2D eigenvalue weighted by atomic mass is 32.2. The molecule has 0 radical (unpaired) electrons. The largest absolute Gasteiger partial charge is 0.441 e. The van der Waals surface area contributed by atoms with Gasteiger partial charge in [-0.05, 0) is 30.2 Å². The van der Waals surface area contributed by atoms with Crippen molar-refractivity contribution in [1.29, 1.82) is 0 Å². The number of halogens is 3. The van der Waals surface area contributed by atoms with E-state index in [4.69, 9.17) is 4.42 Å². The van der Waals surface area contributed by atoms with E-state index in [0.717, 1.165) is 6.07 Å². The fraction of sp³-hybridized carbons (Fsp3) is 0.278. The summed E-state index contributed by atoms with van der Waals surface area (Å²) in [6, 6.07) is 11.9. The van der Waals surface area contributed by atoms with E-state index in [2.05, 4.69) is 4.98 Å². The zero-order valence-electron chi connectivity index (χ0n) is 13.7. The average Bonchev–Trinajstić information content (AvgIpc) is 2.96. The van der Waals surface area contributed by atoms with Gasteiger partial charge in [-0.3, -0.25) is 0 Å². The Morgan fingerprint density at radius 1 is 1.00 bits per heavy atom. The van der Waals surface area contributed by atoms with Gasteiger partial charge in [-0.2, -0.15) is 13.2 Å². The van der Waals surface area contributed by atoms with Crippen molar-refractivity contribution in [1.82, 2.24) is 4.98 Å². The summed E-state index contributed by atoms with van der Waals surface area (Å²) in [7, 11) is -3.69. The first-order valence-electron chi connectivity index (χ1n) is 7.94. The molecular formula is C18H16F3NO3S. The number of hydrogen-bond donors (Lipinski definition) is 0. The minimum Gasteiger partial charge on any atom is -0.441 e. The molecule has 0 atom stereocenters. The van der Waals surface area contributed by atoms with Gasteiger partial charge in [0, 0.05) is 6.42 Å². The summed E-state index contributed by atoms with van der Waals surface area (Å²) in [6.07, 6.45) is -4.05. The molecule has 0 unspecified atom stereocenters. The molecule has 2 aromatic carbocycles. The Morgan fingerprint density at radius 2 is 1.69 bits per heavy atom. The minimum atomic E-state index is -4.58. The molecule has 0 aliphatic heterocycles. The zero-order valence-corrected chi connectivity index (χ0v) is 14.5. The van der Waals surface area contributed by atoms with Crippen LogP contribution >= 0.6 is 0 Å². The van der Waals surface area contributed by atoms with Crippen LogP contribution in [0.15, 0.2) is 52.9 Å². The van der Waals surface area contributed by atoms with E-state index in [9.17, 15) is 21.6 Å². The molecule has 1 aromatic heterocycles. The number of para-hydroxylation sites is 2. The van der Waals surface area contributed by atoms with Gasteiger partial charge in [-0.15, -0.1) is 0 Å². The second kappa shape index (κ2) is 7.11. The number of fused-ring (bicyclic) bond motifs is 1. The van der Waals surface area contributed by atoms with Crippen molar-refractivity contribution in [2.24, 2.45) is 0 Å². The van der Waals surface area contributed by atoms with E-state index in [1.165, 1.54) is 18.2 Å². The third kappa shape index (κ3) is 4.43. The van der Waals surface area contributed by atoms with Gasteiger partial charge in [0.05, 0.1) is 17.1 Å². The van der Waals surface area contributed by atoms with Crippen molar-refractivity contribution in [2.75, 3.05) is 5.75 Å². The molecule has 0 aliphatic rings. The molecule has 3 aromatic rings. The predicted octanol–water partition coefficient (Wildman–Crippen LogP) is 4.39. The molecule has 0 amide bonds. The smallest absolute Gasteiger partial charge is 0.416 e. The first kappa shape index (κ1) is 18.4. The molecule has 0 N–H and O–H groups in total. The highest BCUT2D eigenvalue weighted by Crippen LogP contribution is 2.32. The molecule has 0 saturated heterocycles. The molecule has 0 bridgehead atoms. The highest BCUT2D eigenvalue weighted by molar-refractivity contribution is 7.90. The van der Waals surface area contributed by atoms with E-state index >= 15 is 0 Å². The van der Waals surface area contributed by atoms with Crippen LogP contribution in [-0.4, -0.2) is 19.2 Å². The van der Waals surface area contributed by atoms with Gasteiger partial charge in [0.1, 0.15) is 5.52 Å². The molecule has 4 nitrogen and oxygen atoms in total. The molecular weight excluding hydrogens is 367 g/mol. The van der Waals surface area contributed by atoms with Gasteiger partial charge in [0.15, 0.2) is 21.3 Å². The average molecular weight is 383 g/mol. The number of benzene rings is 2. The summed E-state index contributed by atoms with van der Waals surface area (Å²) in [5.41, 5.74) is 0.151. The molecule has 3 rings (SSSR count). The molecule has 8 heteroatoms. The molecule has 0 spiro atoms. The molecule has 138 valence electrons. The molecule has 0 aliphatic carbocycles. The molecule has 0 saturated carbocycles. The standard InChI is InChI=1S/C18H16F3NO3S/c19-18(20,21)14-7-2-1-6-13(14)12-26(23,24)11-5-10-17-22-15-8-3-4-9-16(15)25-17/h1-4,6-9H,5,10-12H2. The van der Waals surface area contributed by atoms with Gasteiger partial charge in [0.25, 0.3) is 0 Å². The Labute approximate surface area is 148 Å². The van der Waals surface area contributed by atoms with Gasteiger partial charge >= 0.3 is 6.18 Å². The highest BCUT2D eigenvalue weighted by Gasteiger charge is 2.33. The third-order valence-electron chi connectivity index (χ3n) is 3.88. The summed E-state index contributed by atoms with van der Waals surface area (Å²) in [5, 5.41) is 0. The Balaban J connectivity index is 1.64. The summed E-state index contributed by atoms with van der Waals surface area (Å²) >= 11 is 0. The SMILES string of the molecule is O=S(=O)(CCCc1nc2ccccc2o1)Cc1ccccc1C(F)(F)F. The van der Waals surface area contributed by atoms with Crippen molar-refractivity contribution in [3.8, 4) is 0 Å². The molecule has 0 fully saturated rings. The number of sulfone groups is 1. The number of aromatic nitrogens is 1. The topological polar surface area (TPSA) is 60.2 Å². The van der Waals surface area contributed by atoms with Crippen LogP contribution in [0.4, 0.5) is 13.2 Å². The number of aryl methyl sites for hydroxylation is 1. The fourth-order valence-corrected chi connectivity index (χ4v) is 4.16. The van der Waals surface area contributed by atoms with Crippen LogP contribution < -0.4 is 0 Å². The molecule has 26 heavy (non-hydrogen) atoms. The first-order chi connectivity index (χ1) is 12.2. The Morgan fingerprint density at radius 3 is 2.42 bits per heavy atom. The normalized spacial score (nSPS) is 12.6. The Kier molecular flexibility index (Phi) is 5.04. The van der Waals surface area contributed by atoms with Crippen LogP contribution in [0.1, 0.15) is 23.4 Å². The second-order valence-corrected chi connectivity index (χ2v) is 8.11. The quantitative estimate of drug-likeness (QED) is 0.633. The van der Waals surface area contributed by atoms with Gasteiger partial charge < -0.3 is 4.42 Å². The van der Waals surface area contributed by atoms with Crippen LogP contribution in [-0.2, 0) is 28.2 Å². The van der Waals surface area contributed by atoms with Crippen molar-refractivity contribution >= 4 is 20.9 Å². The summed E-state index contributed by atoms with van der Waals surface area (Å²) in [4.78, 5) is 4.25. The lowest BCUT2D eigenvalue weighted by Crippen LogP contribution is -2.15. The molecule has 1 heterocycles. The lowest BCUT2D eigenvalue weighted by molar-refractivity contribution is -0.138. The van der Waals surface area contributed by atoms with E-state index in [0.29, 0.717) is 23.4 Å². The summed E-state index contributed by atoms with van der Waals surface area (Å²) in [6.45, 7) is 0. The van der Waals surface area contributed by atoms with Gasteiger partial charge in [-0.25, -0.2) is 13.4 Å². The van der Waals surface area contributed by atoms with E-state index < -0.39 is 27.3 Å². The monoisotopic (exact) mass is 383 g/mol. The number of rotatable bonds is 6. The van der Waals surface area contributed by atoms with Crippen LogP contribution in [0.3, 0.4) is 0 Å². The third-order valence-corrected chi connectivity index (χ3v) is 5.54. The van der Waals surface area contributed by atoms with E-state index in [1.807, 2.05) is 6.07 Å². The number of nitrogens with zero attached hydrogens (tertiary/aromatic N) is 1. The van der Waals surface area contributed by atoms with Crippen molar-refractivity contribution in [3.63, 3.8) is 0 Å². The predicted molar refractivity (Wildman–Crippen MR) is 91.3 cm³/mol. The number of oxazole rings is 1. The summed E-state index contributed by atoms with van der Waals surface area (Å²) in [5.74, 6) is -0.467. The summed E-state index contributed by atoms with van der Waals surface area (Å²) < 4.78 is 68.9. The van der Waals surface area contributed by atoms with Crippen molar-refractivity contribution < 1.29 is 26.0 Å². The Bertz CT molecular complexity index is 977.